The number of thioether (sulfide) groups is 1. The van der Waals surface area contributed by atoms with E-state index < -0.39 is 0 Å². The van der Waals surface area contributed by atoms with Gasteiger partial charge in [-0.05, 0) is 30.0 Å². The summed E-state index contributed by atoms with van der Waals surface area (Å²) in [5.74, 6) is 0.715. The largest absolute Gasteiger partial charge is 0.376 e. The Kier molecular flexibility index (Phi) is 5.45. The van der Waals surface area contributed by atoms with Crippen molar-refractivity contribution in [2.75, 3.05) is 6.61 Å². The van der Waals surface area contributed by atoms with E-state index in [2.05, 4.69) is 21.7 Å². The fourth-order valence-corrected chi connectivity index (χ4v) is 4.24. The molecular formula is C21H23N3O2S. The minimum absolute atomic E-state index is 0.0146. The highest BCUT2D eigenvalue weighted by Gasteiger charge is 2.20. The third kappa shape index (κ3) is 4.17. The first kappa shape index (κ1) is 18.1. The number of pyridine rings is 1. The summed E-state index contributed by atoms with van der Waals surface area (Å²) in [5, 5.41) is 0.963. The van der Waals surface area contributed by atoms with Crippen molar-refractivity contribution in [3.8, 4) is 11.3 Å². The van der Waals surface area contributed by atoms with Gasteiger partial charge in [-0.3, -0.25) is 4.79 Å². The molecule has 0 spiro atoms. The van der Waals surface area contributed by atoms with E-state index in [0.29, 0.717) is 5.75 Å². The van der Waals surface area contributed by atoms with Crippen LogP contribution in [0.1, 0.15) is 18.4 Å². The number of hydrogen-bond donors (Lipinski definition) is 0. The van der Waals surface area contributed by atoms with Crippen LogP contribution in [-0.2, 0) is 24.1 Å². The van der Waals surface area contributed by atoms with Gasteiger partial charge in [-0.15, -0.1) is 0 Å². The van der Waals surface area contributed by atoms with Crippen LogP contribution < -0.4 is 5.56 Å². The number of nitrogens with zero attached hydrogens (tertiary/aromatic N) is 3. The van der Waals surface area contributed by atoms with Gasteiger partial charge in [0.25, 0.3) is 5.56 Å². The van der Waals surface area contributed by atoms with Gasteiger partial charge in [0.15, 0.2) is 5.16 Å². The summed E-state index contributed by atoms with van der Waals surface area (Å²) < 4.78 is 9.71. The molecule has 1 aliphatic heterocycles. The molecular weight excluding hydrogens is 358 g/mol. The lowest BCUT2D eigenvalue weighted by molar-refractivity contribution is 0.0954. The molecule has 1 atom stereocenters. The van der Waals surface area contributed by atoms with Crippen LogP contribution in [0.3, 0.4) is 0 Å². The molecule has 27 heavy (non-hydrogen) atoms. The van der Waals surface area contributed by atoms with Gasteiger partial charge in [0.05, 0.1) is 24.5 Å². The van der Waals surface area contributed by atoms with Crippen molar-refractivity contribution in [2.45, 2.75) is 36.4 Å². The number of hydrogen-bond acceptors (Lipinski definition) is 4. The van der Waals surface area contributed by atoms with Crippen molar-refractivity contribution in [2.24, 2.45) is 7.05 Å². The first-order valence-corrected chi connectivity index (χ1v) is 10.2. The van der Waals surface area contributed by atoms with Gasteiger partial charge >= 0.3 is 0 Å². The minimum Gasteiger partial charge on any atom is -0.376 e. The zero-order chi connectivity index (χ0) is 18.6. The van der Waals surface area contributed by atoms with Crippen molar-refractivity contribution in [3.05, 3.63) is 70.8 Å². The Hall–Kier alpha value is -2.31. The second-order valence-electron chi connectivity index (χ2n) is 6.81. The monoisotopic (exact) mass is 381 g/mol. The second kappa shape index (κ2) is 8.15. The summed E-state index contributed by atoms with van der Waals surface area (Å²) in [6.07, 6.45) is 6.20. The molecule has 0 saturated carbocycles. The Balaban J connectivity index is 1.59. The molecule has 1 aromatic carbocycles. The Bertz CT molecular complexity index is 959. The molecule has 0 bridgehead atoms. The van der Waals surface area contributed by atoms with Crippen molar-refractivity contribution in [1.29, 1.82) is 0 Å². The fourth-order valence-electron chi connectivity index (χ4n) is 3.31. The fraction of sp³-hybridized carbons (Fsp3) is 0.333. The van der Waals surface area contributed by atoms with Crippen LogP contribution in [0.5, 0.6) is 0 Å². The lowest BCUT2D eigenvalue weighted by atomic mass is 10.1. The molecule has 1 fully saturated rings. The lowest BCUT2D eigenvalue weighted by Gasteiger charge is -2.16. The highest BCUT2D eigenvalue weighted by atomic mass is 32.2. The maximum atomic E-state index is 11.9. The number of rotatable bonds is 6. The summed E-state index contributed by atoms with van der Waals surface area (Å²) in [6.45, 7) is 1.65. The molecule has 3 heterocycles. The first-order chi connectivity index (χ1) is 13.2. The molecule has 0 aliphatic carbocycles. The standard InChI is InChI=1S/C21H23N3O2S/c1-23-10-9-16(12-20(23)25)15-27-21-22-13-19(17-6-3-2-4-7-17)24(21)14-18-8-5-11-26-18/h2-4,6-7,9-10,12-13,18H,5,8,11,14-15H2,1H3/t18-/m1/s1. The molecule has 1 aliphatic rings. The van der Waals surface area contributed by atoms with E-state index in [0.717, 1.165) is 48.0 Å². The predicted octanol–water partition coefficient (Wildman–Crippen LogP) is 3.72. The molecule has 2 aromatic heterocycles. The zero-order valence-electron chi connectivity index (χ0n) is 15.4. The van der Waals surface area contributed by atoms with Crippen LogP contribution in [-0.4, -0.2) is 26.8 Å². The second-order valence-corrected chi connectivity index (χ2v) is 7.75. The van der Waals surface area contributed by atoms with Crippen molar-refractivity contribution >= 4 is 11.8 Å². The number of aryl methyl sites for hydroxylation is 1. The van der Waals surface area contributed by atoms with Gasteiger partial charge < -0.3 is 13.9 Å². The average molecular weight is 382 g/mol. The predicted molar refractivity (Wildman–Crippen MR) is 108 cm³/mol. The highest BCUT2D eigenvalue weighted by Crippen LogP contribution is 2.29. The van der Waals surface area contributed by atoms with Gasteiger partial charge in [-0.1, -0.05) is 42.1 Å². The van der Waals surface area contributed by atoms with Gasteiger partial charge in [0, 0.05) is 31.7 Å². The van der Waals surface area contributed by atoms with E-state index in [-0.39, 0.29) is 11.7 Å². The van der Waals surface area contributed by atoms with Crippen molar-refractivity contribution in [3.63, 3.8) is 0 Å². The van der Waals surface area contributed by atoms with Crippen LogP contribution in [0.25, 0.3) is 11.3 Å². The smallest absolute Gasteiger partial charge is 0.250 e. The Labute approximate surface area is 163 Å². The van der Waals surface area contributed by atoms with Gasteiger partial charge in [0.2, 0.25) is 0 Å². The maximum absolute atomic E-state index is 11.9. The van der Waals surface area contributed by atoms with Crippen LogP contribution in [0.15, 0.2) is 64.8 Å². The van der Waals surface area contributed by atoms with E-state index in [1.54, 1.807) is 29.4 Å². The van der Waals surface area contributed by atoms with Crippen LogP contribution >= 0.6 is 11.8 Å². The van der Waals surface area contributed by atoms with Gasteiger partial charge in [0.1, 0.15) is 0 Å². The normalized spacial score (nSPS) is 16.7. The van der Waals surface area contributed by atoms with Crippen molar-refractivity contribution in [1.82, 2.24) is 14.1 Å². The van der Waals surface area contributed by atoms with Crippen LogP contribution in [0.2, 0.25) is 0 Å². The lowest BCUT2D eigenvalue weighted by Crippen LogP contribution is -2.17. The van der Waals surface area contributed by atoms with Crippen molar-refractivity contribution < 1.29 is 4.74 Å². The Morgan fingerprint density at radius 3 is 2.85 bits per heavy atom. The molecule has 1 saturated heterocycles. The molecule has 4 rings (SSSR count). The summed E-state index contributed by atoms with van der Waals surface area (Å²) in [4.78, 5) is 16.5. The van der Waals surface area contributed by atoms with E-state index >= 15 is 0 Å². The summed E-state index contributed by atoms with van der Waals surface area (Å²) in [6, 6.07) is 14.0. The van der Waals surface area contributed by atoms with Crippen LogP contribution in [0.4, 0.5) is 0 Å². The zero-order valence-corrected chi connectivity index (χ0v) is 16.2. The number of imidazole rings is 1. The minimum atomic E-state index is 0.0146. The Morgan fingerprint density at radius 2 is 2.11 bits per heavy atom. The number of benzene rings is 1. The number of aromatic nitrogens is 3. The molecule has 5 nitrogen and oxygen atoms in total. The SMILES string of the molecule is Cn1ccc(CSc2ncc(-c3ccccc3)n2C[C@H]2CCCO2)cc1=O. The Morgan fingerprint density at radius 1 is 1.26 bits per heavy atom. The summed E-state index contributed by atoms with van der Waals surface area (Å²) in [5.41, 5.74) is 3.29. The first-order valence-electron chi connectivity index (χ1n) is 9.21. The van der Waals surface area contributed by atoms with E-state index in [1.807, 2.05) is 36.7 Å². The summed E-state index contributed by atoms with van der Waals surface area (Å²) >= 11 is 1.66. The molecule has 6 heteroatoms. The third-order valence-electron chi connectivity index (χ3n) is 4.84. The topological polar surface area (TPSA) is 49.0 Å². The molecule has 3 aromatic rings. The molecule has 140 valence electrons. The van der Waals surface area contributed by atoms with Crippen LogP contribution in [0, 0.1) is 0 Å². The summed E-state index contributed by atoms with van der Waals surface area (Å²) in [7, 11) is 1.76. The van der Waals surface area contributed by atoms with E-state index in [1.165, 1.54) is 0 Å². The maximum Gasteiger partial charge on any atom is 0.250 e. The highest BCUT2D eigenvalue weighted by molar-refractivity contribution is 7.98. The molecule has 0 amide bonds. The van der Waals surface area contributed by atoms with E-state index in [4.69, 9.17) is 4.74 Å². The molecule has 0 unspecified atom stereocenters. The van der Waals surface area contributed by atoms with E-state index in [9.17, 15) is 4.79 Å². The van der Waals surface area contributed by atoms with Gasteiger partial charge in [-0.25, -0.2) is 4.98 Å². The molecule has 0 N–H and O–H groups in total. The number of ether oxygens (including phenoxy) is 1. The molecule has 0 radical (unpaired) electrons. The average Bonchev–Trinajstić information content (AvgIpc) is 3.34. The third-order valence-corrected chi connectivity index (χ3v) is 5.90. The van der Waals surface area contributed by atoms with Gasteiger partial charge in [-0.2, -0.15) is 0 Å². The quantitative estimate of drug-likeness (QED) is 0.611.